The number of carbonyl (C=O) groups excluding carboxylic acids is 2. The van der Waals surface area contributed by atoms with Crippen LogP contribution in [0.15, 0.2) is 48.5 Å². The molecule has 0 aromatic heterocycles. The van der Waals surface area contributed by atoms with E-state index in [4.69, 9.17) is 0 Å². The molecule has 128 valence electrons. The van der Waals surface area contributed by atoms with Gasteiger partial charge in [0.2, 0.25) is 0 Å². The van der Waals surface area contributed by atoms with Crippen molar-refractivity contribution in [3.05, 3.63) is 70.8 Å². The van der Waals surface area contributed by atoms with Gasteiger partial charge >= 0.3 is 0 Å². The zero-order valence-corrected chi connectivity index (χ0v) is 15.6. The number of hydrogen-bond donors (Lipinski definition) is 0. The highest BCUT2D eigenvalue weighted by Gasteiger charge is 2.02. The SMILES string of the molecule is CC(=O)c1ccc(C(C)C)cc1.CC(=O)c1cccc(C(C)C)c1. The smallest absolute Gasteiger partial charge is 0.159 e. The lowest BCUT2D eigenvalue weighted by Crippen LogP contribution is -1.94. The van der Waals surface area contributed by atoms with Crippen molar-refractivity contribution >= 4 is 11.6 Å². The van der Waals surface area contributed by atoms with Gasteiger partial charge in [0, 0.05) is 11.1 Å². The molecule has 0 saturated carbocycles. The second-order valence-corrected chi connectivity index (χ2v) is 6.67. The third kappa shape index (κ3) is 6.11. The van der Waals surface area contributed by atoms with Gasteiger partial charge in [-0.15, -0.1) is 0 Å². The first-order chi connectivity index (χ1) is 11.2. The van der Waals surface area contributed by atoms with Crippen LogP contribution in [0.2, 0.25) is 0 Å². The van der Waals surface area contributed by atoms with Crippen LogP contribution in [0.3, 0.4) is 0 Å². The summed E-state index contributed by atoms with van der Waals surface area (Å²) in [6, 6.07) is 15.6. The van der Waals surface area contributed by atoms with E-state index in [9.17, 15) is 9.59 Å². The normalized spacial score (nSPS) is 10.3. The highest BCUT2D eigenvalue weighted by molar-refractivity contribution is 5.94. The maximum absolute atomic E-state index is 11.0. The second-order valence-electron chi connectivity index (χ2n) is 6.67. The van der Waals surface area contributed by atoms with Crippen molar-refractivity contribution in [1.29, 1.82) is 0 Å². The maximum atomic E-state index is 11.0. The summed E-state index contributed by atoms with van der Waals surface area (Å²) in [5, 5.41) is 0. The molecule has 0 saturated heterocycles. The summed E-state index contributed by atoms with van der Waals surface area (Å²) >= 11 is 0. The Morgan fingerprint density at radius 1 is 0.667 bits per heavy atom. The summed E-state index contributed by atoms with van der Waals surface area (Å²) in [4.78, 5) is 21.9. The van der Waals surface area contributed by atoms with Gasteiger partial charge in [-0.25, -0.2) is 0 Å². The molecule has 2 heteroatoms. The van der Waals surface area contributed by atoms with Crippen LogP contribution in [0.1, 0.15) is 85.2 Å². The standard InChI is InChI=1S/2C11H14O/c1-8(2)10-4-6-11(7-5-10)9(3)12;1-8(2)10-5-4-6-11(7-10)9(3)12/h2*4-8H,1-3H3. The lowest BCUT2D eigenvalue weighted by molar-refractivity contribution is 0.100. The molecule has 0 amide bonds. The fourth-order valence-electron chi connectivity index (χ4n) is 2.22. The Morgan fingerprint density at radius 2 is 1.17 bits per heavy atom. The van der Waals surface area contributed by atoms with Gasteiger partial charge in [0.25, 0.3) is 0 Å². The first-order valence-corrected chi connectivity index (χ1v) is 8.44. The largest absolute Gasteiger partial charge is 0.295 e. The molecule has 2 nitrogen and oxygen atoms in total. The Balaban J connectivity index is 0.000000240. The molecule has 0 bridgehead atoms. The van der Waals surface area contributed by atoms with Gasteiger partial charge in [-0.2, -0.15) is 0 Å². The van der Waals surface area contributed by atoms with Crippen molar-refractivity contribution in [2.45, 2.75) is 53.4 Å². The molecule has 0 atom stereocenters. The number of ketones is 2. The Hall–Kier alpha value is -2.22. The van der Waals surface area contributed by atoms with Gasteiger partial charge in [-0.05, 0) is 42.9 Å². The van der Waals surface area contributed by atoms with Crippen LogP contribution < -0.4 is 0 Å². The van der Waals surface area contributed by atoms with Gasteiger partial charge in [0.1, 0.15) is 0 Å². The zero-order chi connectivity index (χ0) is 18.3. The lowest BCUT2D eigenvalue weighted by atomic mass is 10.00. The van der Waals surface area contributed by atoms with Crippen molar-refractivity contribution in [2.75, 3.05) is 0 Å². The number of rotatable bonds is 4. The zero-order valence-electron chi connectivity index (χ0n) is 15.6. The van der Waals surface area contributed by atoms with Crippen molar-refractivity contribution in [3.63, 3.8) is 0 Å². The van der Waals surface area contributed by atoms with E-state index in [1.54, 1.807) is 13.8 Å². The lowest BCUT2D eigenvalue weighted by Gasteiger charge is -2.05. The summed E-state index contributed by atoms with van der Waals surface area (Å²) in [5.41, 5.74) is 4.10. The molecular weight excluding hydrogens is 296 g/mol. The van der Waals surface area contributed by atoms with Crippen LogP contribution in [-0.4, -0.2) is 11.6 Å². The summed E-state index contributed by atoms with van der Waals surface area (Å²) in [6.45, 7) is 11.7. The van der Waals surface area contributed by atoms with Gasteiger partial charge in [0.05, 0.1) is 0 Å². The van der Waals surface area contributed by atoms with E-state index < -0.39 is 0 Å². The molecule has 0 heterocycles. The van der Waals surface area contributed by atoms with E-state index in [1.165, 1.54) is 11.1 Å². The number of hydrogen-bond acceptors (Lipinski definition) is 2. The van der Waals surface area contributed by atoms with Crippen LogP contribution in [0.4, 0.5) is 0 Å². The molecule has 0 aliphatic rings. The minimum absolute atomic E-state index is 0.130. The van der Waals surface area contributed by atoms with E-state index in [2.05, 4.69) is 33.8 Å². The molecule has 24 heavy (non-hydrogen) atoms. The van der Waals surface area contributed by atoms with E-state index >= 15 is 0 Å². The molecule has 2 aromatic rings. The fourth-order valence-corrected chi connectivity index (χ4v) is 2.22. The number of Topliss-reactive ketones (excluding diaryl/α,β-unsaturated/α-hetero) is 2. The molecule has 0 N–H and O–H groups in total. The third-order valence-corrected chi connectivity index (χ3v) is 3.94. The quantitative estimate of drug-likeness (QED) is 0.644. The minimum atomic E-state index is 0.130. The van der Waals surface area contributed by atoms with Crippen molar-refractivity contribution < 1.29 is 9.59 Å². The molecular formula is C22H28O2. The first kappa shape index (κ1) is 19.8. The van der Waals surface area contributed by atoms with Gasteiger partial charge in [-0.1, -0.05) is 70.2 Å². The summed E-state index contributed by atoms with van der Waals surface area (Å²) in [5.74, 6) is 1.29. The van der Waals surface area contributed by atoms with Crippen molar-refractivity contribution in [3.8, 4) is 0 Å². The second kappa shape index (κ2) is 9.17. The van der Waals surface area contributed by atoms with Crippen molar-refractivity contribution in [2.24, 2.45) is 0 Å². The summed E-state index contributed by atoms with van der Waals surface area (Å²) in [6.07, 6.45) is 0. The topological polar surface area (TPSA) is 34.1 Å². The Morgan fingerprint density at radius 3 is 1.58 bits per heavy atom. The fraction of sp³-hybridized carbons (Fsp3) is 0.364. The third-order valence-electron chi connectivity index (χ3n) is 3.94. The number of benzene rings is 2. The summed E-state index contributed by atoms with van der Waals surface area (Å²) in [7, 11) is 0. The molecule has 0 radical (unpaired) electrons. The average molecular weight is 324 g/mol. The number of carbonyl (C=O) groups is 2. The molecule has 0 aliphatic heterocycles. The average Bonchev–Trinajstić information content (AvgIpc) is 2.55. The predicted molar refractivity (Wildman–Crippen MR) is 101 cm³/mol. The van der Waals surface area contributed by atoms with Gasteiger partial charge in [-0.3, -0.25) is 9.59 Å². The Bertz CT molecular complexity index is 679. The molecule has 2 rings (SSSR count). The molecule has 2 aromatic carbocycles. The van der Waals surface area contributed by atoms with E-state index in [0.717, 1.165) is 11.1 Å². The van der Waals surface area contributed by atoms with Crippen LogP contribution in [-0.2, 0) is 0 Å². The van der Waals surface area contributed by atoms with E-state index in [0.29, 0.717) is 11.8 Å². The molecule has 0 fully saturated rings. The van der Waals surface area contributed by atoms with Crippen LogP contribution in [0, 0.1) is 0 Å². The predicted octanol–water partition coefficient (Wildman–Crippen LogP) is 6.03. The molecule has 0 spiro atoms. The van der Waals surface area contributed by atoms with Gasteiger partial charge in [0.15, 0.2) is 11.6 Å². The van der Waals surface area contributed by atoms with E-state index in [1.807, 2.05) is 42.5 Å². The van der Waals surface area contributed by atoms with Crippen LogP contribution in [0.5, 0.6) is 0 Å². The van der Waals surface area contributed by atoms with Crippen molar-refractivity contribution in [1.82, 2.24) is 0 Å². The van der Waals surface area contributed by atoms with Crippen LogP contribution >= 0.6 is 0 Å². The maximum Gasteiger partial charge on any atom is 0.159 e. The Labute approximate surface area is 145 Å². The summed E-state index contributed by atoms with van der Waals surface area (Å²) < 4.78 is 0. The Kier molecular flexibility index (Phi) is 7.57. The monoisotopic (exact) mass is 324 g/mol. The first-order valence-electron chi connectivity index (χ1n) is 8.44. The van der Waals surface area contributed by atoms with Gasteiger partial charge < -0.3 is 0 Å². The van der Waals surface area contributed by atoms with E-state index in [-0.39, 0.29) is 11.6 Å². The van der Waals surface area contributed by atoms with Crippen LogP contribution in [0.25, 0.3) is 0 Å². The minimum Gasteiger partial charge on any atom is -0.295 e. The molecule has 0 aliphatic carbocycles. The highest BCUT2D eigenvalue weighted by Crippen LogP contribution is 2.16. The molecule has 0 unspecified atom stereocenters. The highest BCUT2D eigenvalue weighted by atomic mass is 16.1.